The van der Waals surface area contributed by atoms with Crippen LogP contribution < -0.4 is 49.0 Å². The highest BCUT2D eigenvalue weighted by Crippen LogP contribution is 2.55. The molecule has 3 amide bonds. The fraction of sp³-hybridized carbons (Fsp3) is 0.312. The molecule has 6 aliphatic rings. The predicted octanol–water partition coefficient (Wildman–Crippen LogP) is 18.0. The number of thioether (sulfide) groups is 1. The zero-order valence-corrected chi connectivity index (χ0v) is 84.5. The molecule has 0 bridgehead atoms. The van der Waals surface area contributed by atoms with Crippen molar-refractivity contribution in [2.45, 2.75) is 152 Å². The summed E-state index contributed by atoms with van der Waals surface area (Å²) in [6, 6.07) is 3.83. The first-order valence-corrected chi connectivity index (χ1v) is 50.6. The number of aromatic nitrogens is 9. The monoisotopic (exact) mass is 2130 g/mol. The molecule has 0 radical (unpaired) electrons. The summed E-state index contributed by atoms with van der Waals surface area (Å²) in [4.78, 5) is 114. The van der Waals surface area contributed by atoms with E-state index >= 15 is 39.5 Å². The number of carbonyl (C=O) groups is 3. The summed E-state index contributed by atoms with van der Waals surface area (Å²) in [6.45, 7) is 31.8. The van der Waals surface area contributed by atoms with E-state index in [9.17, 15) is 45.6 Å². The molecule has 0 spiro atoms. The third kappa shape index (κ3) is 16.8. The van der Waals surface area contributed by atoms with E-state index in [4.69, 9.17) is 86.8 Å². The van der Waals surface area contributed by atoms with E-state index in [0.717, 1.165) is 55.8 Å². The van der Waals surface area contributed by atoms with Gasteiger partial charge in [-0.1, -0.05) is 131 Å². The minimum atomic E-state index is -4.75. The second kappa shape index (κ2) is 38.3. The number of amides is 3. The maximum Gasteiger partial charge on any atom is 0.354 e. The van der Waals surface area contributed by atoms with Crippen LogP contribution in [0.4, 0.5) is 74.0 Å². The Morgan fingerprint density at radius 2 is 0.683 bits per heavy atom. The van der Waals surface area contributed by atoms with Crippen LogP contribution >= 0.6 is 81.4 Å². The number of sulfone groups is 2. The number of anilines is 6. The standard InChI is InChI=1S/2C32H29Cl2F3N6O4S.C32H29Cl2F3N6O2S/c2*1-6-19(44)41-11-16-12-48(46,47)30-22-29(24(36)20(25(30)37)21-23(35)17(33)9-18(34)26(21)38)43(28-14(4)7-8-39-27(28)13(2)3)32(45)40-31(22)42(16)10-15(41)5;1-6-19(44)41-11-16-12-46-30-22-29(24(36)20(25(30)37)21-23(35)17(33)9-18(34)26(21)38)43(28-14(4)7-8-39-27(28)13(2)3)32(45)40-31(22)42(16)10-15(41)5/h2*6-9,13,15-16H,1,10-12,38H2,2-5H3;6-9,13,15-16H,1,10-12,38H2,2-5H3. The second-order valence-corrected chi connectivity index (χ2v) is 43.5. The molecule has 28 nitrogen and oxygen atoms in total. The second-order valence-electron chi connectivity index (χ2n) is 36.1. The average Bonchev–Trinajstić information content (AvgIpc) is 1.29. The summed E-state index contributed by atoms with van der Waals surface area (Å²) in [5.74, 6) is -16.5. The van der Waals surface area contributed by atoms with Crippen LogP contribution in [0.3, 0.4) is 0 Å². The molecule has 12 heterocycles. The van der Waals surface area contributed by atoms with Crippen LogP contribution in [0, 0.1) is 73.1 Å². The molecule has 3 saturated heterocycles. The predicted molar refractivity (Wildman–Crippen MR) is 533 cm³/mol. The van der Waals surface area contributed by atoms with Gasteiger partial charge in [0.15, 0.2) is 66.2 Å². The molecule has 6 unspecified atom stereocenters. The highest BCUT2D eigenvalue weighted by molar-refractivity contribution is 7.99. The molecule has 6 atom stereocenters. The van der Waals surface area contributed by atoms with Gasteiger partial charge in [-0.3, -0.25) is 43.0 Å². The number of nitrogen functional groups attached to an aromatic ring is 3. The quantitative estimate of drug-likeness (QED) is 0.0336. The van der Waals surface area contributed by atoms with Crippen LogP contribution in [0.5, 0.6) is 0 Å². The number of aryl methyl sites for hydroxylation is 3. The number of hydrogen-bond acceptors (Lipinski definition) is 23. The molecule has 46 heteroatoms. The van der Waals surface area contributed by atoms with E-state index in [2.05, 4.69) is 49.6 Å². The van der Waals surface area contributed by atoms with E-state index in [-0.39, 0.29) is 140 Å². The lowest BCUT2D eigenvalue weighted by Crippen LogP contribution is -2.60. The van der Waals surface area contributed by atoms with Crippen molar-refractivity contribution in [3.8, 4) is 50.4 Å². The number of rotatable bonds is 12. The Labute approximate surface area is 840 Å². The van der Waals surface area contributed by atoms with E-state index < -0.39 is 240 Å². The Kier molecular flexibility index (Phi) is 27.7. The molecule has 744 valence electrons. The smallest absolute Gasteiger partial charge is 0.354 e. The Morgan fingerprint density at radius 3 is 0.979 bits per heavy atom. The Morgan fingerprint density at radius 1 is 0.408 bits per heavy atom. The van der Waals surface area contributed by atoms with Gasteiger partial charge in [0.05, 0.1) is 165 Å². The zero-order valence-electron chi connectivity index (χ0n) is 77.5. The molecule has 142 heavy (non-hydrogen) atoms. The Bertz CT molecular complexity index is 7630. The number of carbonyl (C=O) groups excluding carboxylic acids is 3. The zero-order chi connectivity index (χ0) is 104. The number of hydrogen-bond donors (Lipinski definition) is 3. The van der Waals surface area contributed by atoms with E-state index in [1.807, 2.05) is 25.7 Å². The molecule has 6 aliphatic heterocycles. The summed E-state index contributed by atoms with van der Waals surface area (Å²) < 4.78 is 211. The highest BCUT2D eigenvalue weighted by Gasteiger charge is 2.50. The molecular formula is C96H87Cl6F9N18O10S3. The molecular weight excluding hydrogens is 2050 g/mol. The largest absolute Gasteiger partial charge is 0.397 e. The van der Waals surface area contributed by atoms with Crippen LogP contribution in [-0.4, -0.2) is 186 Å². The number of piperazine rings is 3. The minimum absolute atomic E-state index is 0.0339. The lowest BCUT2D eigenvalue weighted by atomic mass is 9.98. The lowest BCUT2D eigenvalue weighted by molar-refractivity contribution is -0.129. The maximum atomic E-state index is 17.4. The maximum absolute atomic E-state index is 17.4. The molecule has 12 aromatic rings. The first kappa shape index (κ1) is 103. The lowest BCUT2D eigenvalue weighted by Gasteiger charge is -2.45. The molecule has 6 aromatic heterocycles. The van der Waals surface area contributed by atoms with Gasteiger partial charge in [-0.05, 0) is 131 Å². The van der Waals surface area contributed by atoms with Gasteiger partial charge in [-0.25, -0.2) is 70.7 Å². The number of nitrogens with zero attached hydrogens (tertiary/aromatic N) is 15. The third-order valence-electron chi connectivity index (χ3n) is 26.2. The molecule has 0 saturated carbocycles. The first-order chi connectivity index (χ1) is 66.8. The van der Waals surface area contributed by atoms with Crippen molar-refractivity contribution in [3.63, 3.8) is 0 Å². The van der Waals surface area contributed by atoms with Crippen molar-refractivity contribution in [1.82, 2.24) is 58.3 Å². The first-order valence-electron chi connectivity index (χ1n) is 44.1. The summed E-state index contributed by atoms with van der Waals surface area (Å²) in [5, 5.41) is -3.67. The fourth-order valence-corrected chi connectivity index (χ4v) is 25.8. The van der Waals surface area contributed by atoms with Crippen LogP contribution in [0.2, 0.25) is 30.1 Å². The normalized spacial score (nSPS) is 18.4. The number of benzene rings is 6. The van der Waals surface area contributed by atoms with E-state index in [1.165, 1.54) is 38.1 Å². The van der Waals surface area contributed by atoms with Gasteiger partial charge in [0.25, 0.3) is 0 Å². The van der Waals surface area contributed by atoms with Crippen molar-refractivity contribution in [3.05, 3.63) is 241 Å². The van der Waals surface area contributed by atoms with Crippen LogP contribution in [0.25, 0.3) is 83.2 Å². The summed E-state index contributed by atoms with van der Waals surface area (Å²) in [6.07, 6.45) is 7.97. The number of halogens is 15. The van der Waals surface area contributed by atoms with Gasteiger partial charge < -0.3 is 46.6 Å². The minimum Gasteiger partial charge on any atom is -0.397 e. The topological polar surface area (TPSA) is 360 Å². The third-order valence-corrected chi connectivity index (χ3v) is 32.8. The molecule has 0 aliphatic carbocycles. The van der Waals surface area contributed by atoms with Crippen molar-refractivity contribution in [2.75, 3.05) is 88.4 Å². The Hall–Kier alpha value is -12.0. The average molecular weight is 2130 g/mol. The molecule has 18 rings (SSSR count). The van der Waals surface area contributed by atoms with Gasteiger partial charge >= 0.3 is 17.1 Å². The summed E-state index contributed by atoms with van der Waals surface area (Å²) in [5.41, 5.74) is 9.44. The van der Waals surface area contributed by atoms with Crippen LogP contribution in [0.15, 0.2) is 122 Å². The van der Waals surface area contributed by atoms with Crippen LogP contribution in [0.1, 0.15) is 114 Å². The fourth-order valence-electron chi connectivity index (χ4n) is 19.6. The van der Waals surface area contributed by atoms with Gasteiger partial charge in [0, 0.05) is 98.4 Å². The SMILES string of the molecule is C=CC(=O)N1CC2CS(=O)(=O)c3c(F)c(-c4c(N)c(Cl)cc(Cl)c4F)c(F)c4c3c(nc(=O)n4-c3c(C)ccnc3C(C)C)N2CC1C.C=CC(=O)N1CC2CS(=O)(=O)c3c(F)c(-c4c(N)c(Cl)cc(Cl)c4F)c(F)c4c3c(nc(=O)n4-c3c(C)ccnc3C(C)C)N2CC1C.C=CC(=O)N1CC2CSc3c(F)c(-c4c(N)c(Cl)cc(Cl)c4F)c(F)c4c3c(nc(=O)n4-c3c(C)ccnc3C(C)C)N2CC1C. The van der Waals surface area contributed by atoms with Crippen molar-refractivity contribution in [1.29, 1.82) is 0 Å². The van der Waals surface area contributed by atoms with Crippen LogP contribution in [-0.2, 0) is 34.1 Å². The summed E-state index contributed by atoms with van der Waals surface area (Å²) in [7, 11) is -9.50. The number of nitrogens with two attached hydrogens (primary N) is 3. The van der Waals surface area contributed by atoms with E-state index in [1.54, 1.807) is 91.6 Å². The number of pyridine rings is 3. The van der Waals surface area contributed by atoms with Crippen molar-refractivity contribution < 1.29 is 70.7 Å². The van der Waals surface area contributed by atoms with Crippen molar-refractivity contribution >= 4 is 186 Å². The Balaban J connectivity index is 0.000000153. The van der Waals surface area contributed by atoms with Gasteiger partial charge in [0.1, 0.15) is 33.1 Å². The van der Waals surface area contributed by atoms with Gasteiger partial charge in [-0.15, -0.1) is 11.8 Å². The molecule has 6 N–H and O–H groups in total. The van der Waals surface area contributed by atoms with Gasteiger partial charge in [-0.2, -0.15) is 15.0 Å². The van der Waals surface area contributed by atoms with Crippen molar-refractivity contribution in [2.24, 2.45) is 0 Å². The molecule has 6 aromatic carbocycles. The molecule has 3 fully saturated rings. The van der Waals surface area contributed by atoms with E-state index in [0.29, 0.717) is 33.8 Å². The van der Waals surface area contributed by atoms with Gasteiger partial charge in [0.2, 0.25) is 17.7 Å². The highest BCUT2D eigenvalue weighted by atomic mass is 35.5. The number of fused-ring (bicyclic) bond motifs is 6. The summed E-state index contributed by atoms with van der Waals surface area (Å²) >= 11 is 37.8.